The molecule has 234 valence electrons. The van der Waals surface area contributed by atoms with Crippen LogP contribution >= 0.6 is 11.3 Å². The number of halogens is 1. The summed E-state index contributed by atoms with van der Waals surface area (Å²) in [6.07, 6.45) is 3.85. The summed E-state index contributed by atoms with van der Waals surface area (Å²) in [5.74, 6) is 0.137. The minimum absolute atomic E-state index is 0.164. The molecule has 0 spiro atoms. The molecule has 5 aromatic rings. The highest BCUT2D eigenvalue weighted by atomic mass is 32.1. The normalized spacial score (nSPS) is 14.9. The van der Waals surface area contributed by atoms with Crippen LogP contribution in [0.15, 0.2) is 64.6 Å². The smallest absolute Gasteiger partial charge is 0.410 e. The van der Waals surface area contributed by atoms with Crippen LogP contribution in [0.2, 0.25) is 0 Å². The van der Waals surface area contributed by atoms with Gasteiger partial charge in [-0.1, -0.05) is 6.07 Å². The van der Waals surface area contributed by atoms with Gasteiger partial charge in [0.1, 0.15) is 22.0 Å². The summed E-state index contributed by atoms with van der Waals surface area (Å²) in [6.45, 7) is 9.85. The second-order valence-corrected chi connectivity index (χ2v) is 13.2. The van der Waals surface area contributed by atoms with E-state index in [2.05, 4.69) is 4.98 Å². The number of ether oxygens (including phenoxy) is 2. The zero-order chi connectivity index (χ0) is 32.2. The van der Waals surface area contributed by atoms with Gasteiger partial charge in [-0.15, -0.1) is 11.3 Å². The molecule has 1 amide bonds. The van der Waals surface area contributed by atoms with Gasteiger partial charge >= 0.3 is 11.8 Å². The summed E-state index contributed by atoms with van der Waals surface area (Å²) in [5, 5.41) is 0.385. The quantitative estimate of drug-likeness (QED) is 0.234. The molecule has 45 heavy (non-hydrogen) atoms. The lowest BCUT2D eigenvalue weighted by Gasteiger charge is -2.41. The molecule has 0 unspecified atom stereocenters. The SMILES string of the molecule is COc1cc(-c2sc3c(c2C)c(=O)n(-c2ccc(F)cc2)c(=O)n3C[C@H]2CCN2C(=O)OC(C)(C)C)ccc1-n1cnc(C)c1. The Morgan fingerprint density at radius 1 is 1.11 bits per heavy atom. The minimum atomic E-state index is -0.662. The summed E-state index contributed by atoms with van der Waals surface area (Å²) < 4.78 is 29.7. The minimum Gasteiger partial charge on any atom is -0.495 e. The molecule has 2 aromatic carbocycles. The van der Waals surface area contributed by atoms with Crippen LogP contribution in [0.25, 0.3) is 32.0 Å². The Balaban J connectivity index is 1.51. The van der Waals surface area contributed by atoms with Crippen molar-refractivity contribution in [1.82, 2.24) is 23.6 Å². The number of hydrogen-bond acceptors (Lipinski definition) is 7. The number of amides is 1. The fourth-order valence-electron chi connectivity index (χ4n) is 5.59. The average molecular weight is 632 g/mol. The number of imidazole rings is 1. The maximum absolute atomic E-state index is 14.1. The molecular formula is C33H34FN5O5S. The number of nitrogens with zero attached hydrogens (tertiary/aromatic N) is 5. The van der Waals surface area contributed by atoms with Crippen molar-refractivity contribution in [2.24, 2.45) is 0 Å². The molecule has 1 fully saturated rings. The molecule has 1 aliphatic heterocycles. The largest absolute Gasteiger partial charge is 0.495 e. The molecule has 0 aliphatic carbocycles. The Kier molecular flexibility index (Phi) is 7.64. The topological polar surface area (TPSA) is 101 Å². The number of thiophene rings is 1. The van der Waals surface area contributed by atoms with Crippen molar-refractivity contribution < 1.29 is 18.7 Å². The van der Waals surface area contributed by atoms with Gasteiger partial charge in [-0.2, -0.15) is 0 Å². The van der Waals surface area contributed by atoms with E-state index in [-0.39, 0.29) is 18.3 Å². The molecule has 6 rings (SSSR count). The maximum atomic E-state index is 14.1. The van der Waals surface area contributed by atoms with Crippen molar-refractivity contribution in [1.29, 1.82) is 0 Å². The van der Waals surface area contributed by atoms with E-state index < -0.39 is 28.8 Å². The summed E-state index contributed by atoms with van der Waals surface area (Å²) in [4.78, 5) is 48.3. The third-order valence-corrected chi connectivity index (χ3v) is 9.26. The van der Waals surface area contributed by atoms with Crippen molar-refractivity contribution >= 4 is 27.6 Å². The fraction of sp³-hybridized carbons (Fsp3) is 0.333. The number of aryl methyl sites for hydroxylation is 2. The summed E-state index contributed by atoms with van der Waals surface area (Å²) >= 11 is 1.34. The van der Waals surface area contributed by atoms with Crippen molar-refractivity contribution in [3.63, 3.8) is 0 Å². The number of aromatic nitrogens is 4. The van der Waals surface area contributed by atoms with E-state index in [4.69, 9.17) is 9.47 Å². The molecule has 0 bridgehead atoms. The molecular weight excluding hydrogens is 597 g/mol. The average Bonchev–Trinajstić information content (AvgIpc) is 3.55. The van der Waals surface area contributed by atoms with Crippen molar-refractivity contribution in [2.75, 3.05) is 13.7 Å². The van der Waals surface area contributed by atoms with Crippen molar-refractivity contribution in [3.8, 4) is 27.6 Å². The highest BCUT2D eigenvalue weighted by molar-refractivity contribution is 7.22. The van der Waals surface area contributed by atoms with E-state index in [0.717, 1.165) is 26.4 Å². The summed E-state index contributed by atoms with van der Waals surface area (Å²) in [5.41, 5.74) is 1.74. The van der Waals surface area contributed by atoms with Crippen LogP contribution in [0.3, 0.4) is 0 Å². The third-order valence-electron chi connectivity index (χ3n) is 7.89. The first-order chi connectivity index (χ1) is 21.4. The van der Waals surface area contributed by atoms with Crippen LogP contribution in [0.5, 0.6) is 5.75 Å². The first-order valence-corrected chi connectivity index (χ1v) is 15.4. The van der Waals surface area contributed by atoms with Gasteiger partial charge in [0.15, 0.2) is 0 Å². The van der Waals surface area contributed by atoms with Gasteiger partial charge in [0.05, 0.1) is 41.9 Å². The van der Waals surface area contributed by atoms with E-state index in [1.807, 2.05) is 42.8 Å². The number of carbonyl (C=O) groups excluding carboxylic acids is 1. The van der Waals surface area contributed by atoms with E-state index >= 15 is 0 Å². The van der Waals surface area contributed by atoms with E-state index in [1.165, 1.54) is 35.6 Å². The highest BCUT2D eigenvalue weighted by Gasteiger charge is 2.36. The van der Waals surface area contributed by atoms with E-state index in [1.54, 1.807) is 43.7 Å². The Hall–Kier alpha value is -4.71. The fourth-order valence-corrected chi connectivity index (χ4v) is 6.89. The van der Waals surface area contributed by atoms with Gasteiger partial charge in [0.2, 0.25) is 0 Å². The number of fused-ring (bicyclic) bond motifs is 1. The number of carbonyl (C=O) groups is 1. The zero-order valence-electron chi connectivity index (χ0n) is 26.0. The predicted octanol–water partition coefficient (Wildman–Crippen LogP) is 5.84. The summed E-state index contributed by atoms with van der Waals surface area (Å²) in [6, 6.07) is 10.7. The first kappa shape index (κ1) is 30.3. The van der Waals surface area contributed by atoms with Crippen LogP contribution in [0.1, 0.15) is 38.4 Å². The number of rotatable bonds is 6. The van der Waals surface area contributed by atoms with Gasteiger partial charge in [-0.05, 0) is 88.6 Å². The van der Waals surface area contributed by atoms with E-state index in [9.17, 15) is 18.8 Å². The van der Waals surface area contributed by atoms with Crippen molar-refractivity contribution in [3.05, 3.63) is 92.9 Å². The molecule has 4 heterocycles. The summed E-state index contributed by atoms with van der Waals surface area (Å²) in [7, 11) is 1.60. The monoisotopic (exact) mass is 631 g/mol. The molecule has 3 aromatic heterocycles. The van der Waals surface area contributed by atoms with Gasteiger partial charge in [-0.3, -0.25) is 9.36 Å². The van der Waals surface area contributed by atoms with Crippen LogP contribution in [-0.2, 0) is 11.3 Å². The number of hydrogen-bond donors (Lipinski definition) is 0. The van der Waals surface area contributed by atoms with Gasteiger partial charge < -0.3 is 18.9 Å². The lowest BCUT2D eigenvalue weighted by Crippen LogP contribution is -2.55. The molecule has 1 saturated heterocycles. The zero-order valence-corrected chi connectivity index (χ0v) is 26.8. The lowest BCUT2D eigenvalue weighted by atomic mass is 10.0. The predicted molar refractivity (Wildman–Crippen MR) is 172 cm³/mol. The molecule has 12 heteroatoms. The second-order valence-electron chi connectivity index (χ2n) is 12.2. The Bertz CT molecular complexity index is 2050. The van der Waals surface area contributed by atoms with Gasteiger partial charge in [0, 0.05) is 24.2 Å². The molecule has 0 N–H and O–H groups in total. The second kappa shape index (κ2) is 11.3. The van der Waals surface area contributed by atoms with E-state index in [0.29, 0.717) is 34.5 Å². The molecule has 0 saturated carbocycles. The maximum Gasteiger partial charge on any atom is 0.410 e. The Labute approximate surface area is 262 Å². The molecule has 1 atom stereocenters. The van der Waals surface area contributed by atoms with Crippen LogP contribution in [0, 0.1) is 19.7 Å². The molecule has 0 radical (unpaired) electrons. The molecule has 10 nitrogen and oxygen atoms in total. The Morgan fingerprint density at radius 3 is 2.44 bits per heavy atom. The van der Waals surface area contributed by atoms with Crippen LogP contribution < -0.4 is 16.0 Å². The standard InChI is InChI=1S/C33H34FN5O5S/c1-19-16-36(18-35-19)25-12-7-21(15-26(25)43-6)28-20(2)27-29(40)39(23-10-8-22(34)9-11-23)31(41)38(30(27)45-28)17-24-13-14-37(24)32(42)44-33(3,4)5/h7-12,15-16,18,24H,13-14,17H2,1-6H3/t24-/m1/s1. The van der Waals surface area contributed by atoms with Crippen molar-refractivity contribution in [2.45, 2.75) is 59.2 Å². The number of benzene rings is 2. The number of likely N-dealkylation sites (tertiary alicyclic amines) is 1. The third kappa shape index (κ3) is 5.54. The number of methoxy groups -OCH3 is 1. The first-order valence-electron chi connectivity index (χ1n) is 14.6. The molecule has 1 aliphatic rings. The van der Waals surface area contributed by atoms with Gasteiger partial charge in [-0.25, -0.2) is 23.5 Å². The van der Waals surface area contributed by atoms with Gasteiger partial charge in [0.25, 0.3) is 5.56 Å². The van der Waals surface area contributed by atoms with Crippen LogP contribution in [-0.4, -0.2) is 55.0 Å². The Morgan fingerprint density at radius 2 is 1.84 bits per heavy atom. The lowest BCUT2D eigenvalue weighted by molar-refractivity contribution is -0.00826. The highest BCUT2D eigenvalue weighted by Crippen LogP contribution is 2.39. The van der Waals surface area contributed by atoms with Crippen LogP contribution in [0.4, 0.5) is 9.18 Å².